The van der Waals surface area contributed by atoms with Crippen molar-refractivity contribution in [3.63, 3.8) is 0 Å². The number of anilines is 2. The fraction of sp³-hybridized carbons (Fsp3) is 0.0952. The zero-order valence-electron chi connectivity index (χ0n) is 15.2. The lowest BCUT2D eigenvalue weighted by atomic mass is 10.1. The van der Waals surface area contributed by atoms with Gasteiger partial charge in [-0.3, -0.25) is 4.68 Å². The maximum atomic E-state index is 11.6. The van der Waals surface area contributed by atoms with Gasteiger partial charge in [0.1, 0.15) is 5.58 Å². The van der Waals surface area contributed by atoms with Gasteiger partial charge < -0.3 is 15.1 Å². The van der Waals surface area contributed by atoms with E-state index in [1.54, 1.807) is 6.07 Å². The van der Waals surface area contributed by atoms with Crippen molar-refractivity contribution in [2.45, 2.75) is 13.5 Å². The highest BCUT2D eigenvalue weighted by Crippen LogP contribution is 2.21. The van der Waals surface area contributed by atoms with E-state index in [9.17, 15) is 4.79 Å². The minimum Gasteiger partial charge on any atom is -0.423 e. The van der Waals surface area contributed by atoms with E-state index in [0.717, 1.165) is 16.6 Å². The van der Waals surface area contributed by atoms with Crippen molar-refractivity contribution >= 4 is 39.8 Å². The van der Waals surface area contributed by atoms with E-state index in [1.807, 2.05) is 54.2 Å². The van der Waals surface area contributed by atoms with Crippen LogP contribution in [0.15, 0.2) is 76.1 Å². The number of thiocarbonyl (C=S) groups is 1. The molecule has 2 aromatic carbocycles. The van der Waals surface area contributed by atoms with Crippen LogP contribution in [0.5, 0.6) is 0 Å². The van der Waals surface area contributed by atoms with Crippen LogP contribution in [0.3, 0.4) is 0 Å². The third kappa shape index (κ3) is 4.10. The normalized spacial score (nSPS) is 10.8. The molecule has 0 saturated carbocycles. The van der Waals surface area contributed by atoms with Gasteiger partial charge in [0.05, 0.1) is 6.54 Å². The summed E-state index contributed by atoms with van der Waals surface area (Å²) in [6, 6.07) is 19.0. The molecule has 0 aliphatic heterocycles. The molecule has 0 unspecified atom stereocenters. The molecule has 0 spiro atoms. The largest absolute Gasteiger partial charge is 0.423 e. The molecule has 6 nitrogen and oxygen atoms in total. The maximum absolute atomic E-state index is 11.6. The van der Waals surface area contributed by atoms with Crippen LogP contribution in [0.4, 0.5) is 11.5 Å². The van der Waals surface area contributed by atoms with E-state index < -0.39 is 0 Å². The second-order valence-corrected chi connectivity index (χ2v) is 6.83. The summed E-state index contributed by atoms with van der Waals surface area (Å²) in [5, 5.41) is 11.9. The SMILES string of the molecule is Cc1cc(=O)oc2cc(NC(=S)Nc3ccn(Cc4ccccc4)n3)ccc12. The summed E-state index contributed by atoms with van der Waals surface area (Å²) >= 11 is 5.37. The second kappa shape index (κ2) is 7.66. The number of nitrogens with zero attached hydrogens (tertiary/aromatic N) is 2. The topological polar surface area (TPSA) is 72.1 Å². The second-order valence-electron chi connectivity index (χ2n) is 6.42. The lowest BCUT2D eigenvalue weighted by molar-refractivity contribution is 0.560. The fourth-order valence-corrected chi connectivity index (χ4v) is 3.19. The predicted octanol–water partition coefficient (Wildman–Crippen LogP) is 4.16. The molecule has 0 atom stereocenters. The van der Waals surface area contributed by atoms with Crippen LogP contribution in [0.1, 0.15) is 11.1 Å². The summed E-state index contributed by atoms with van der Waals surface area (Å²) in [5.41, 5.74) is 2.92. The molecule has 0 aliphatic carbocycles. The van der Waals surface area contributed by atoms with E-state index >= 15 is 0 Å². The van der Waals surface area contributed by atoms with Crippen molar-refractivity contribution in [2.75, 3.05) is 10.6 Å². The molecule has 4 aromatic rings. The van der Waals surface area contributed by atoms with Crippen LogP contribution in [0.2, 0.25) is 0 Å². The van der Waals surface area contributed by atoms with Gasteiger partial charge in [0.2, 0.25) is 0 Å². The van der Waals surface area contributed by atoms with Crippen LogP contribution in [0.25, 0.3) is 11.0 Å². The molecule has 140 valence electrons. The van der Waals surface area contributed by atoms with Crippen LogP contribution in [-0.4, -0.2) is 14.9 Å². The number of nitrogens with one attached hydrogen (secondary N) is 2. The molecular weight excluding hydrogens is 372 g/mol. The van der Waals surface area contributed by atoms with Gasteiger partial charge >= 0.3 is 5.63 Å². The van der Waals surface area contributed by atoms with Crippen molar-refractivity contribution in [3.8, 4) is 0 Å². The lowest BCUT2D eigenvalue weighted by Crippen LogP contribution is -2.19. The van der Waals surface area contributed by atoms with E-state index in [-0.39, 0.29) is 5.63 Å². The molecule has 0 radical (unpaired) electrons. The fourth-order valence-electron chi connectivity index (χ4n) is 2.97. The Hall–Kier alpha value is -3.45. The minimum absolute atomic E-state index is 0.369. The summed E-state index contributed by atoms with van der Waals surface area (Å²) in [4.78, 5) is 11.6. The van der Waals surface area contributed by atoms with E-state index in [1.165, 1.54) is 11.6 Å². The zero-order valence-corrected chi connectivity index (χ0v) is 16.0. The van der Waals surface area contributed by atoms with E-state index in [4.69, 9.17) is 16.6 Å². The molecule has 28 heavy (non-hydrogen) atoms. The highest BCUT2D eigenvalue weighted by Gasteiger charge is 2.06. The Morgan fingerprint density at radius 1 is 1.11 bits per heavy atom. The summed E-state index contributed by atoms with van der Waals surface area (Å²) in [7, 11) is 0. The van der Waals surface area contributed by atoms with Gasteiger partial charge in [-0.25, -0.2) is 4.79 Å². The summed E-state index contributed by atoms with van der Waals surface area (Å²) in [5.74, 6) is 0.650. The number of hydrogen-bond acceptors (Lipinski definition) is 4. The van der Waals surface area contributed by atoms with Crippen LogP contribution in [-0.2, 0) is 6.54 Å². The Morgan fingerprint density at radius 2 is 1.93 bits per heavy atom. The van der Waals surface area contributed by atoms with Crippen molar-refractivity contribution in [1.82, 2.24) is 9.78 Å². The van der Waals surface area contributed by atoms with Gasteiger partial charge in [-0.15, -0.1) is 0 Å². The standard InChI is InChI=1S/C21H18N4O2S/c1-14-11-20(26)27-18-12-16(7-8-17(14)18)22-21(28)23-19-9-10-25(24-19)13-15-5-3-2-4-6-15/h2-12H,13H2,1H3,(H2,22,23,24,28). The average Bonchev–Trinajstić information content (AvgIpc) is 3.08. The Kier molecular flexibility index (Phi) is 4.90. The molecule has 2 N–H and O–H groups in total. The molecule has 2 aromatic heterocycles. The molecule has 0 amide bonds. The Labute approximate surface area is 166 Å². The van der Waals surface area contributed by atoms with Crippen molar-refractivity contribution in [2.24, 2.45) is 0 Å². The van der Waals surface area contributed by atoms with Crippen LogP contribution >= 0.6 is 12.2 Å². The average molecular weight is 390 g/mol. The first-order valence-corrected chi connectivity index (χ1v) is 9.17. The quantitative estimate of drug-likeness (QED) is 0.403. The van der Waals surface area contributed by atoms with Crippen molar-refractivity contribution in [3.05, 3.63) is 88.4 Å². The molecule has 2 heterocycles. The molecule has 0 bridgehead atoms. The first-order chi connectivity index (χ1) is 13.6. The Balaban J connectivity index is 1.43. The van der Waals surface area contributed by atoms with E-state index in [0.29, 0.717) is 23.1 Å². The van der Waals surface area contributed by atoms with Gasteiger partial charge in [-0.2, -0.15) is 5.10 Å². The lowest BCUT2D eigenvalue weighted by Gasteiger charge is -2.09. The molecular formula is C21H18N4O2S. The van der Waals surface area contributed by atoms with Crippen LogP contribution in [0, 0.1) is 6.92 Å². The molecule has 0 saturated heterocycles. The number of aryl methyl sites for hydroxylation is 1. The minimum atomic E-state index is -0.369. The van der Waals surface area contributed by atoms with Gasteiger partial charge in [0, 0.05) is 35.5 Å². The highest BCUT2D eigenvalue weighted by atomic mass is 32.1. The van der Waals surface area contributed by atoms with E-state index in [2.05, 4.69) is 27.9 Å². The number of aromatic nitrogens is 2. The molecule has 0 fully saturated rings. The van der Waals surface area contributed by atoms with Gasteiger partial charge in [0.25, 0.3) is 0 Å². The molecule has 4 rings (SSSR count). The third-order valence-electron chi connectivity index (χ3n) is 4.28. The van der Waals surface area contributed by atoms with Gasteiger partial charge in [-0.05, 0) is 42.4 Å². The summed E-state index contributed by atoms with van der Waals surface area (Å²) < 4.78 is 7.11. The van der Waals surface area contributed by atoms with Gasteiger partial charge in [-0.1, -0.05) is 30.3 Å². The van der Waals surface area contributed by atoms with Crippen molar-refractivity contribution in [1.29, 1.82) is 0 Å². The monoisotopic (exact) mass is 390 g/mol. The first-order valence-electron chi connectivity index (χ1n) is 8.77. The Bertz CT molecular complexity index is 1200. The maximum Gasteiger partial charge on any atom is 0.336 e. The van der Waals surface area contributed by atoms with Crippen LogP contribution < -0.4 is 16.3 Å². The smallest absolute Gasteiger partial charge is 0.336 e. The van der Waals surface area contributed by atoms with Gasteiger partial charge in [0.15, 0.2) is 10.9 Å². The predicted molar refractivity (Wildman–Crippen MR) is 115 cm³/mol. The number of fused-ring (bicyclic) bond motifs is 1. The number of benzene rings is 2. The number of hydrogen-bond donors (Lipinski definition) is 2. The first kappa shape index (κ1) is 17.9. The van der Waals surface area contributed by atoms with Crippen molar-refractivity contribution < 1.29 is 4.42 Å². The Morgan fingerprint density at radius 3 is 2.75 bits per heavy atom. The molecule has 7 heteroatoms. The zero-order chi connectivity index (χ0) is 19.5. The highest BCUT2D eigenvalue weighted by molar-refractivity contribution is 7.80. The third-order valence-corrected chi connectivity index (χ3v) is 4.48. The summed E-state index contributed by atoms with van der Waals surface area (Å²) in [6.07, 6.45) is 1.89. The molecule has 0 aliphatic rings. The summed E-state index contributed by atoms with van der Waals surface area (Å²) in [6.45, 7) is 2.57. The number of rotatable bonds is 4.